The lowest BCUT2D eigenvalue weighted by molar-refractivity contribution is -0.384. The Hall–Kier alpha value is -1.59. The van der Waals surface area contributed by atoms with Crippen LogP contribution in [0.1, 0.15) is 28.3 Å². The van der Waals surface area contributed by atoms with Gasteiger partial charge in [-0.05, 0) is 38.5 Å². The van der Waals surface area contributed by atoms with E-state index in [0.29, 0.717) is 10.7 Å². The summed E-state index contributed by atoms with van der Waals surface area (Å²) in [4.78, 5) is 12.8. The molecule has 6 heteroatoms. The number of non-ortho nitro benzene ring substituents is 1. The number of benzene rings is 1. The zero-order valence-electron chi connectivity index (χ0n) is 11.4. The summed E-state index contributed by atoms with van der Waals surface area (Å²) in [5, 5.41) is 14.3. The first-order chi connectivity index (χ1) is 9.38. The Labute approximate surface area is 126 Å². The molecular formula is C14H15ClN2O2S. The Bertz CT molecular complexity index is 655. The van der Waals surface area contributed by atoms with Gasteiger partial charge in [0.15, 0.2) is 0 Å². The number of aryl methyl sites for hydroxylation is 2. The lowest BCUT2D eigenvalue weighted by Crippen LogP contribution is -2.07. The topological polar surface area (TPSA) is 55.2 Å². The van der Waals surface area contributed by atoms with Gasteiger partial charge in [0.25, 0.3) is 5.69 Å². The van der Waals surface area contributed by atoms with Gasteiger partial charge in [0.05, 0.1) is 15.6 Å². The molecular weight excluding hydrogens is 296 g/mol. The van der Waals surface area contributed by atoms with Crippen molar-refractivity contribution in [2.45, 2.75) is 26.8 Å². The van der Waals surface area contributed by atoms with Crippen LogP contribution in [0.2, 0.25) is 5.02 Å². The van der Waals surface area contributed by atoms with Gasteiger partial charge in [-0.15, -0.1) is 11.3 Å². The van der Waals surface area contributed by atoms with Gasteiger partial charge in [-0.2, -0.15) is 0 Å². The highest BCUT2D eigenvalue weighted by molar-refractivity contribution is 7.12. The third-order valence-corrected chi connectivity index (χ3v) is 4.38. The predicted octanol–water partition coefficient (Wildman–Crippen LogP) is 5.10. The fourth-order valence-electron chi connectivity index (χ4n) is 2.13. The first kappa shape index (κ1) is 14.8. The molecule has 2 aromatic rings. The van der Waals surface area contributed by atoms with E-state index in [9.17, 15) is 10.1 Å². The highest BCUT2D eigenvalue weighted by atomic mass is 35.5. The summed E-state index contributed by atoms with van der Waals surface area (Å²) in [6.45, 7) is 6.21. The minimum Gasteiger partial charge on any atom is -0.377 e. The molecule has 106 valence electrons. The van der Waals surface area contributed by atoms with Gasteiger partial charge in [0, 0.05) is 27.9 Å². The molecule has 0 bridgehead atoms. The van der Waals surface area contributed by atoms with E-state index >= 15 is 0 Å². The standard InChI is InChI=1S/C14H15ClN2O2S/c1-8-6-12(10(3)20-8)9(2)16-14-5-4-11(17(18)19)7-13(14)15/h4-7,9,16H,1-3H3. The van der Waals surface area contributed by atoms with Gasteiger partial charge in [0.1, 0.15) is 0 Å². The number of hydrogen-bond acceptors (Lipinski definition) is 4. The summed E-state index contributed by atoms with van der Waals surface area (Å²) < 4.78 is 0. The Morgan fingerprint density at radius 2 is 2.05 bits per heavy atom. The number of nitro benzene ring substituents is 1. The number of nitrogens with one attached hydrogen (secondary N) is 1. The van der Waals surface area contributed by atoms with Crippen LogP contribution in [0.5, 0.6) is 0 Å². The molecule has 1 aromatic heterocycles. The summed E-state index contributed by atoms with van der Waals surface area (Å²) in [5.74, 6) is 0. The molecule has 1 atom stereocenters. The monoisotopic (exact) mass is 310 g/mol. The van der Waals surface area contributed by atoms with Crippen LogP contribution in [0.4, 0.5) is 11.4 Å². The molecule has 0 saturated heterocycles. The molecule has 1 aromatic carbocycles. The third-order valence-electron chi connectivity index (χ3n) is 3.08. The molecule has 0 saturated carbocycles. The molecule has 0 aliphatic carbocycles. The Morgan fingerprint density at radius 1 is 1.35 bits per heavy atom. The maximum atomic E-state index is 10.7. The van der Waals surface area contributed by atoms with E-state index in [-0.39, 0.29) is 11.7 Å². The van der Waals surface area contributed by atoms with E-state index in [4.69, 9.17) is 11.6 Å². The summed E-state index contributed by atoms with van der Waals surface area (Å²) in [6.07, 6.45) is 0. The lowest BCUT2D eigenvalue weighted by Gasteiger charge is -2.16. The highest BCUT2D eigenvalue weighted by Crippen LogP contribution is 2.32. The largest absolute Gasteiger partial charge is 0.377 e. The molecule has 0 amide bonds. The molecule has 0 radical (unpaired) electrons. The zero-order valence-corrected chi connectivity index (χ0v) is 13.0. The molecule has 20 heavy (non-hydrogen) atoms. The Morgan fingerprint density at radius 3 is 2.55 bits per heavy atom. The number of thiophene rings is 1. The zero-order chi connectivity index (χ0) is 14.9. The van der Waals surface area contributed by atoms with Crippen molar-refractivity contribution < 1.29 is 4.92 Å². The molecule has 2 rings (SSSR count). The van der Waals surface area contributed by atoms with E-state index in [2.05, 4.69) is 25.2 Å². The van der Waals surface area contributed by atoms with Crippen molar-refractivity contribution >= 4 is 34.3 Å². The summed E-state index contributed by atoms with van der Waals surface area (Å²) >= 11 is 7.84. The normalized spacial score (nSPS) is 12.2. The van der Waals surface area contributed by atoms with Crippen molar-refractivity contribution in [3.63, 3.8) is 0 Å². The smallest absolute Gasteiger partial charge is 0.271 e. The second-order valence-electron chi connectivity index (χ2n) is 4.66. The molecule has 0 fully saturated rings. The van der Waals surface area contributed by atoms with Gasteiger partial charge in [-0.25, -0.2) is 0 Å². The van der Waals surface area contributed by atoms with Crippen LogP contribution in [-0.2, 0) is 0 Å². The van der Waals surface area contributed by atoms with Crippen LogP contribution < -0.4 is 5.32 Å². The quantitative estimate of drug-likeness (QED) is 0.631. The maximum Gasteiger partial charge on any atom is 0.271 e. The van der Waals surface area contributed by atoms with Crippen molar-refractivity contribution in [2.75, 3.05) is 5.32 Å². The molecule has 0 spiro atoms. The molecule has 1 unspecified atom stereocenters. The van der Waals surface area contributed by atoms with Gasteiger partial charge in [-0.1, -0.05) is 11.6 Å². The molecule has 1 N–H and O–H groups in total. The minimum atomic E-state index is -0.453. The van der Waals surface area contributed by atoms with E-state index in [1.807, 2.05) is 6.92 Å². The fraction of sp³-hybridized carbons (Fsp3) is 0.286. The first-order valence-corrected chi connectivity index (χ1v) is 7.35. The second-order valence-corrected chi connectivity index (χ2v) is 6.52. The number of anilines is 1. The average Bonchev–Trinajstić information content (AvgIpc) is 2.70. The van der Waals surface area contributed by atoms with Gasteiger partial charge >= 0.3 is 0 Å². The molecule has 1 heterocycles. The van der Waals surface area contributed by atoms with Crippen molar-refractivity contribution in [2.24, 2.45) is 0 Å². The van der Waals surface area contributed by atoms with Crippen molar-refractivity contribution in [3.8, 4) is 0 Å². The molecule has 0 aliphatic heterocycles. The maximum absolute atomic E-state index is 10.7. The Balaban J connectivity index is 2.22. The van der Waals surface area contributed by atoms with Crippen molar-refractivity contribution in [3.05, 3.63) is 54.7 Å². The van der Waals surface area contributed by atoms with E-state index in [1.54, 1.807) is 17.4 Å². The van der Waals surface area contributed by atoms with Crippen molar-refractivity contribution in [1.82, 2.24) is 0 Å². The molecule has 4 nitrogen and oxygen atoms in total. The van der Waals surface area contributed by atoms with Gasteiger partial charge in [-0.3, -0.25) is 10.1 Å². The summed E-state index contributed by atoms with van der Waals surface area (Å²) in [6, 6.07) is 6.70. The summed E-state index contributed by atoms with van der Waals surface area (Å²) in [5.41, 5.74) is 1.92. The van der Waals surface area contributed by atoms with Crippen LogP contribution in [0.25, 0.3) is 0 Å². The van der Waals surface area contributed by atoms with E-state index in [0.717, 1.165) is 0 Å². The van der Waals surface area contributed by atoms with Gasteiger partial charge < -0.3 is 5.32 Å². The van der Waals surface area contributed by atoms with Gasteiger partial charge in [0.2, 0.25) is 0 Å². The SMILES string of the molecule is Cc1cc(C(C)Nc2ccc([N+](=O)[O-])cc2Cl)c(C)s1. The third kappa shape index (κ3) is 3.11. The van der Waals surface area contributed by atoms with E-state index in [1.165, 1.54) is 27.5 Å². The van der Waals surface area contributed by atoms with Crippen LogP contribution in [0.3, 0.4) is 0 Å². The molecule has 0 aliphatic rings. The summed E-state index contributed by atoms with van der Waals surface area (Å²) in [7, 11) is 0. The number of nitrogens with zero attached hydrogens (tertiary/aromatic N) is 1. The average molecular weight is 311 g/mol. The van der Waals surface area contributed by atoms with Crippen molar-refractivity contribution in [1.29, 1.82) is 0 Å². The van der Waals surface area contributed by atoms with Crippen LogP contribution in [0.15, 0.2) is 24.3 Å². The van der Waals surface area contributed by atoms with E-state index < -0.39 is 4.92 Å². The van der Waals surface area contributed by atoms with Crippen LogP contribution in [0, 0.1) is 24.0 Å². The highest BCUT2D eigenvalue weighted by Gasteiger charge is 2.14. The van der Waals surface area contributed by atoms with Crippen LogP contribution in [-0.4, -0.2) is 4.92 Å². The number of hydrogen-bond donors (Lipinski definition) is 1. The minimum absolute atomic E-state index is 0.00392. The lowest BCUT2D eigenvalue weighted by atomic mass is 10.1. The first-order valence-electron chi connectivity index (χ1n) is 6.16. The Kier molecular flexibility index (Phi) is 4.30. The predicted molar refractivity (Wildman–Crippen MR) is 83.9 cm³/mol. The second kappa shape index (κ2) is 5.81. The fourth-order valence-corrected chi connectivity index (χ4v) is 3.38. The number of nitro groups is 1. The number of halogens is 1. The van der Waals surface area contributed by atoms with Crippen LogP contribution >= 0.6 is 22.9 Å². The number of rotatable bonds is 4.